The van der Waals surface area contributed by atoms with Gasteiger partial charge in [0, 0.05) is 15.6 Å². The monoisotopic (exact) mass is 406 g/mol. The third-order valence-electron chi connectivity index (χ3n) is 3.33. The molecule has 6 nitrogen and oxygen atoms in total. The Bertz CT molecular complexity index is 896. The lowest BCUT2D eigenvalue weighted by Gasteiger charge is -2.10. The number of carbonyl (C=O) groups is 1. The third-order valence-corrected chi connectivity index (χ3v) is 4.02. The number of hydrogen-bond donors (Lipinski definition) is 0. The van der Waals surface area contributed by atoms with E-state index in [2.05, 4.69) is 26.1 Å². The van der Waals surface area contributed by atoms with Gasteiger partial charge in [-0.2, -0.15) is 4.98 Å². The van der Waals surface area contributed by atoms with E-state index in [1.807, 2.05) is 0 Å². The number of rotatable bonds is 6. The van der Waals surface area contributed by atoms with Gasteiger partial charge in [-0.05, 0) is 52.3 Å². The van der Waals surface area contributed by atoms with Crippen molar-refractivity contribution >= 4 is 22.2 Å². The van der Waals surface area contributed by atoms with Gasteiger partial charge in [-0.15, -0.1) is 0 Å². The number of carbonyl (C=O) groups excluding carboxylic acids is 1. The highest BCUT2D eigenvalue weighted by Gasteiger charge is 2.13. The molecule has 0 radical (unpaired) electrons. The van der Waals surface area contributed by atoms with Crippen LogP contribution in [-0.2, 0) is 6.61 Å². The largest absolute Gasteiger partial charge is 0.493 e. The molecule has 0 spiro atoms. The van der Waals surface area contributed by atoms with E-state index in [0.717, 1.165) is 0 Å². The maximum Gasteiger partial charge on any atom is 0.264 e. The lowest BCUT2D eigenvalue weighted by molar-refractivity contribution is 0.112. The Balaban J connectivity index is 1.76. The fourth-order valence-corrected chi connectivity index (χ4v) is 2.50. The second-order valence-electron chi connectivity index (χ2n) is 4.95. The average Bonchev–Trinajstić information content (AvgIpc) is 3.10. The molecule has 0 aliphatic rings. The van der Waals surface area contributed by atoms with Gasteiger partial charge in [0.25, 0.3) is 5.89 Å². The normalized spacial score (nSPS) is 10.5. The minimum absolute atomic E-state index is 0.00944. The van der Waals surface area contributed by atoms with Crippen molar-refractivity contribution in [2.75, 3.05) is 7.11 Å². The molecule has 0 unspecified atom stereocenters. The Hall–Kier alpha value is -2.74. The number of hydrogen-bond acceptors (Lipinski definition) is 6. The van der Waals surface area contributed by atoms with Gasteiger partial charge in [-0.25, -0.2) is 4.39 Å². The SMILES string of the molecule is COc1cc(Br)c(C=O)cc1OCc1nc(-c2ccc(F)cc2)no1. The van der Waals surface area contributed by atoms with Crippen molar-refractivity contribution in [3.05, 3.63) is 58.1 Å². The Morgan fingerprint density at radius 2 is 2.00 bits per heavy atom. The van der Waals surface area contributed by atoms with Crippen LogP contribution < -0.4 is 9.47 Å². The van der Waals surface area contributed by atoms with E-state index in [1.54, 1.807) is 24.3 Å². The molecule has 0 saturated heterocycles. The van der Waals surface area contributed by atoms with Crippen LogP contribution in [-0.4, -0.2) is 23.5 Å². The number of benzene rings is 2. The molecule has 0 fully saturated rings. The molecule has 3 aromatic rings. The van der Waals surface area contributed by atoms with Crippen molar-refractivity contribution in [2.45, 2.75) is 6.61 Å². The van der Waals surface area contributed by atoms with Crippen molar-refractivity contribution in [1.29, 1.82) is 0 Å². The molecule has 8 heteroatoms. The van der Waals surface area contributed by atoms with Gasteiger partial charge in [0.1, 0.15) is 5.82 Å². The fraction of sp³-hybridized carbons (Fsp3) is 0.118. The van der Waals surface area contributed by atoms with Gasteiger partial charge in [-0.1, -0.05) is 5.16 Å². The first-order valence-corrected chi connectivity index (χ1v) is 7.94. The molecule has 25 heavy (non-hydrogen) atoms. The van der Waals surface area contributed by atoms with Crippen LogP contribution in [0.3, 0.4) is 0 Å². The van der Waals surface area contributed by atoms with Crippen molar-refractivity contribution in [3.8, 4) is 22.9 Å². The zero-order valence-electron chi connectivity index (χ0n) is 13.0. The summed E-state index contributed by atoms with van der Waals surface area (Å²) in [6, 6.07) is 8.92. The highest BCUT2D eigenvalue weighted by molar-refractivity contribution is 9.10. The summed E-state index contributed by atoms with van der Waals surface area (Å²) in [5, 5.41) is 3.84. The molecule has 0 bridgehead atoms. The lowest BCUT2D eigenvalue weighted by Crippen LogP contribution is -1.99. The van der Waals surface area contributed by atoms with Gasteiger partial charge < -0.3 is 14.0 Å². The first kappa shape index (κ1) is 17.1. The Kier molecular flexibility index (Phi) is 5.08. The first-order valence-electron chi connectivity index (χ1n) is 7.14. The minimum atomic E-state index is -0.343. The molecule has 1 heterocycles. The Morgan fingerprint density at radius 3 is 2.68 bits per heavy atom. The average molecular weight is 407 g/mol. The second kappa shape index (κ2) is 7.43. The zero-order chi connectivity index (χ0) is 17.8. The van der Waals surface area contributed by atoms with E-state index < -0.39 is 0 Å². The predicted molar refractivity (Wildman–Crippen MR) is 90.1 cm³/mol. The van der Waals surface area contributed by atoms with E-state index in [9.17, 15) is 9.18 Å². The van der Waals surface area contributed by atoms with Crippen molar-refractivity contribution in [1.82, 2.24) is 10.1 Å². The van der Waals surface area contributed by atoms with Gasteiger partial charge in [-0.3, -0.25) is 4.79 Å². The van der Waals surface area contributed by atoms with Crippen LogP contribution in [0.4, 0.5) is 4.39 Å². The maximum atomic E-state index is 13.0. The lowest BCUT2D eigenvalue weighted by atomic mass is 10.2. The van der Waals surface area contributed by atoms with Crippen LogP contribution in [0.5, 0.6) is 11.5 Å². The number of ether oxygens (including phenoxy) is 2. The van der Waals surface area contributed by atoms with Gasteiger partial charge in [0.05, 0.1) is 7.11 Å². The maximum absolute atomic E-state index is 13.0. The summed E-state index contributed by atoms with van der Waals surface area (Å²) in [5.41, 5.74) is 1.05. The van der Waals surface area contributed by atoms with E-state index in [0.29, 0.717) is 39.2 Å². The molecular weight excluding hydrogens is 395 g/mol. The number of halogens is 2. The molecule has 2 aromatic carbocycles. The molecule has 3 rings (SSSR count). The number of methoxy groups -OCH3 is 1. The Morgan fingerprint density at radius 1 is 1.24 bits per heavy atom. The first-order chi connectivity index (χ1) is 12.1. The molecule has 0 aliphatic carbocycles. The second-order valence-corrected chi connectivity index (χ2v) is 5.80. The minimum Gasteiger partial charge on any atom is -0.493 e. The number of aldehydes is 1. The van der Waals surface area contributed by atoms with Crippen LogP contribution in [0.25, 0.3) is 11.4 Å². The van der Waals surface area contributed by atoms with E-state index in [4.69, 9.17) is 14.0 Å². The van der Waals surface area contributed by atoms with Crippen LogP contribution in [0.15, 0.2) is 45.4 Å². The van der Waals surface area contributed by atoms with Crippen LogP contribution >= 0.6 is 15.9 Å². The molecule has 0 saturated carbocycles. The van der Waals surface area contributed by atoms with Gasteiger partial charge >= 0.3 is 0 Å². The standard InChI is InChI=1S/C17H12BrFN2O4/c1-23-14-7-13(18)11(8-22)6-15(14)24-9-16-20-17(21-25-16)10-2-4-12(19)5-3-10/h2-8H,9H2,1H3. The summed E-state index contributed by atoms with van der Waals surface area (Å²) in [6.45, 7) is -0.00944. The quantitative estimate of drug-likeness (QED) is 0.575. The summed E-state index contributed by atoms with van der Waals surface area (Å²) < 4.78 is 29.5. The van der Waals surface area contributed by atoms with Crippen LogP contribution in [0.1, 0.15) is 16.2 Å². The summed E-state index contributed by atoms with van der Waals surface area (Å²) in [4.78, 5) is 15.2. The van der Waals surface area contributed by atoms with Crippen molar-refractivity contribution in [3.63, 3.8) is 0 Å². The van der Waals surface area contributed by atoms with Crippen LogP contribution in [0.2, 0.25) is 0 Å². The zero-order valence-corrected chi connectivity index (χ0v) is 14.6. The molecule has 1 aromatic heterocycles. The van der Waals surface area contributed by atoms with Crippen molar-refractivity contribution in [2.24, 2.45) is 0 Å². The molecule has 0 amide bonds. The highest BCUT2D eigenvalue weighted by atomic mass is 79.9. The van der Waals surface area contributed by atoms with Gasteiger partial charge in [0.2, 0.25) is 5.82 Å². The summed E-state index contributed by atoms with van der Waals surface area (Å²) in [7, 11) is 1.49. The Labute approximate surface area is 150 Å². The van der Waals surface area contributed by atoms with E-state index >= 15 is 0 Å². The topological polar surface area (TPSA) is 74.5 Å². The molecule has 128 valence electrons. The van der Waals surface area contributed by atoms with E-state index in [1.165, 1.54) is 19.2 Å². The van der Waals surface area contributed by atoms with Crippen molar-refractivity contribution < 1.29 is 23.2 Å². The van der Waals surface area contributed by atoms with E-state index in [-0.39, 0.29) is 18.3 Å². The smallest absolute Gasteiger partial charge is 0.264 e. The number of aromatic nitrogens is 2. The summed E-state index contributed by atoms with van der Waals surface area (Å²) >= 11 is 3.28. The van der Waals surface area contributed by atoms with Crippen LogP contribution in [0, 0.1) is 5.82 Å². The molecular formula is C17H12BrFN2O4. The third kappa shape index (κ3) is 3.85. The molecule has 0 N–H and O–H groups in total. The molecule has 0 aliphatic heterocycles. The fourth-order valence-electron chi connectivity index (χ4n) is 2.08. The highest BCUT2D eigenvalue weighted by Crippen LogP contribution is 2.33. The summed E-state index contributed by atoms with van der Waals surface area (Å²) in [6.07, 6.45) is 0.704. The number of nitrogens with zero attached hydrogens (tertiary/aromatic N) is 2. The predicted octanol–water partition coefficient (Wildman–Crippen LogP) is 4.04. The summed E-state index contributed by atoms with van der Waals surface area (Å²) in [5.74, 6) is 1.04. The molecule has 0 atom stereocenters. The van der Waals surface area contributed by atoms with Gasteiger partial charge in [0.15, 0.2) is 24.4 Å².